The smallest absolute Gasteiger partial charge is 0.275 e. The van der Waals surface area contributed by atoms with Crippen LogP contribution in [0.5, 0.6) is 0 Å². The lowest BCUT2D eigenvalue weighted by atomic mass is 10.3. The van der Waals surface area contributed by atoms with Crippen LogP contribution >= 0.6 is 15.9 Å². The molecule has 0 aliphatic carbocycles. The molecule has 0 atom stereocenters. The molecule has 3 heterocycles. The van der Waals surface area contributed by atoms with Gasteiger partial charge >= 0.3 is 0 Å². The van der Waals surface area contributed by atoms with Gasteiger partial charge in [-0.1, -0.05) is 0 Å². The van der Waals surface area contributed by atoms with Crippen molar-refractivity contribution in [3.05, 3.63) is 59.5 Å². The van der Waals surface area contributed by atoms with Crippen molar-refractivity contribution in [3.8, 4) is 5.82 Å². The average Bonchev–Trinajstić information content (AvgIpc) is 3.02. The summed E-state index contributed by atoms with van der Waals surface area (Å²) in [6.45, 7) is 0. The van der Waals surface area contributed by atoms with Crippen LogP contribution in [-0.4, -0.2) is 30.6 Å². The predicted octanol–water partition coefficient (Wildman–Crippen LogP) is 2.07. The summed E-state index contributed by atoms with van der Waals surface area (Å²) in [6, 6.07) is 6.97. The maximum Gasteiger partial charge on any atom is 0.275 e. The molecule has 3 aromatic heterocycles. The third kappa shape index (κ3) is 2.95. The van der Waals surface area contributed by atoms with Crippen LogP contribution in [0.15, 0.2) is 53.8 Å². The number of pyridine rings is 2. The van der Waals surface area contributed by atoms with Crippen molar-refractivity contribution in [2.75, 3.05) is 5.32 Å². The van der Waals surface area contributed by atoms with Crippen LogP contribution < -0.4 is 5.32 Å². The Morgan fingerprint density at radius 2 is 2.14 bits per heavy atom. The van der Waals surface area contributed by atoms with E-state index in [0.717, 1.165) is 0 Å². The fraction of sp³-hybridized carbons (Fsp3) is 0. The van der Waals surface area contributed by atoms with E-state index in [1.807, 2.05) is 0 Å². The van der Waals surface area contributed by atoms with E-state index in [1.54, 1.807) is 43.0 Å². The van der Waals surface area contributed by atoms with Crippen molar-refractivity contribution in [1.29, 1.82) is 0 Å². The number of nitrogens with one attached hydrogen (secondary N) is 1. The number of hydrogen-bond acceptors (Lipinski definition) is 5. The highest BCUT2D eigenvalue weighted by Gasteiger charge is 2.11. The zero-order valence-corrected chi connectivity index (χ0v) is 12.2. The molecule has 0 unspecified atom stereocenters. The Morgan fingerprint density at radius 3 is 2.81 bits per heavy atom. The molecule has 1 N–H and O–H groups in total. The van der Waals surface area contributed by atoms with E-state index in [0.29, 0.717) is 21.7 Å². The molecule has 8 heteroatoms. The fourth-order valence-corrected chi connectivity index (χ4v) is 2.10. The molecule has 1 amide bonds. The molecule has 0 saturated heterocycles. The van der Waals surface area contributed by atoms with Gasteiger partial charge in [-0.25, -0.2) is 19.6 Å². The van der Waals surface area contributed by atoms with Crippen molar-refractivity contribution < 1.29 is 4.79 Å². The molecule has 0 aliphatic rings. The van der Waals surface area contributed by atoms with Gasteiger partial charge in [0, 0.05) is 10.7 Å². The zero-order valence-electron chi connectivity index (χ0n) is 10.6. The van der Waals surface area contributed by atoms with Gasteiger partial charge in [0.2, 0.25) is 0 Å². The number of nitrogens with zero attached hydrogens (tertiary/aromatic N) is 5. The first kappa shape index (κ1) is 13.4. The summed E-state index contributed by atoms with van der Waals surface area (Å²) in [5.74, 6) is 0.308. The minimum atomic E-state index is -0.308. The molecule has 3 aromatic rings. The van der Waals surface area contributed by atoms with Crippen molar-refractivity contribution in [2.45, 2.75) is 0 Å². The number of amides is 1. The molecule has 0 bridgehead atoms. The minimum absolute atomic E-state index is 0.308. The molecule has 0 aliphatic heterocycles. The van der Waals surface area contributed by atoms with Gasteiger partial charge < -0.3 is 5.32 Å². The molecule has 7 nitrogen and oxygen atoms in total. The minimum Gasteiger partial charge on any atom is -0.319 e. The lowest BCUT2D eigenvalue weighted by Gasteiger charge is -2.06. The molecule has 3 rings (SSSR count). The number of halogens is 1. The van der Waals surface area contributed by atoms with Crippen molar-refractivity contribution in [1.82, 2.24) is 24.7 Å². The van der Waals surface area contributed by atoms with Crippen molar-refractivity contribution >= 4 is 27.5 Å². The summed E-state index contributed by atoms with van der Waals surface area (Å²) in [6.07, 6.45) is 6.08. The highest BCUT2D eigenvalue weighted by atomic mass is 79.9. The molecule has 0 aromatic carbocycles. The van der Waals surface area contributed by atoms with Gasteiger partial charge in [0.1, 0.15) is 18.3 Å². The first-order valence-electron chi connectivity index (χ1n) is 5.97. The van der Waals surface area contributed by atoms with E-state index in [1.165, 1.54) is 11.0 Å². The second-order valence-electron chi connectivity index (χ2n) is 4.03. The third-order valence-corrected chi connectivity index (χ3v) is 3.27. The third-order valence-electron chi connectivity index (χ3n) is 2.63. The Labute approximate surface area is 128 Å². The highest BCUT2D eigenvalue weighted by Crippen LogP contribution is 2.15. The SMILES string of the molecule is O=C(Nc1ccc(-n2cncn2)nc1)c1ncccc1Br. The number of rotatable bonds is 3. The molecule has 0 spiro atoms. The van der Waals surface area contributed by atoms with Gasteiger partial charge in [-0.15, -0.1) is 0 Å². The van der Waals surface area contributed by atoms with Crippen LogP contribution in [0, 0.1) is 0 Å². The largest absolute Gasteiger partial charge is 0.319 e. The van der Waals surface area contributed by atoms with E-state index in [-0.39, 0.29) is 5.91 Å². The number of anilines is 1. The van der Waals surface area contributed by atoms with Crippen LogP contribution in [0.3, 0.4) is 0 Å². The molecule has 0 radical (unpaired) electrons. The highest BCUT2D eigenvalue weighted by molar-refractivity contribution is 9.10. The standard InChI is InChI=1S/C13H9BrN6O/c14-10-2-1-5-16-12(10)13(21)19-9-3-4-11(17-6-9)20-8-15-7-18-20/h1-8H,(H,19,21). The van der Waals surface area contributed by atoms with E-state index >= 15 is 0 Å². The Morgan fingerprint density at radius 1 is 1.24 bits per heavy atom. The number of aromatic nitrogens is 5. The molecule has 104 valence electrons. The van der Waals surface area contributed by atoms with Crippen LogP contribution in [0.4, 0.5) is 5.69 Å². The van der Waals surface area contributed by atoms with E-state index in [2.05, 4.69) is 41.3 Å². The van der Waals surface area contributed by atoms with Crippen molar-refractivity contribution in [2.24, 2.45) is 0 Å². The van der Waals surface area contributed by atoms with Crippen LogP contribution in [0.1, 0.15) is 10.5 Å². The van der Waals surface area contributed by atoms with Gasteiger partial charge in [0.15, 0.2) is 5.82 Å². The van der Waals surface area contributed by atoms with E-state index < -0.39 is 0 Å². The van der Waals surface area contributed by atoms with Crippen molar-refractivity contribution in [3.63, 3.8) is 0 Å². The van der Waals surface area contributed by atoms with Crippen LogP contribution in [0.2, 0.25) is 0 Å². The Hall–Kier alpha value is -2.61. The molecular weight excluding hydrogens is 336 g/mol. The fourth-order valence-electron chi connectivity index (χ4n) is 1.67. The Balaban J connectivity index is 1.77. The lowest BCUT2D eigenvalue weighted by Crippen LogP contribution is -2.14. The number of hydrogen-bond donors (Lipinski definition) is 1. The van der Waals surface area contributed by atoms with Gasteiger partial charge in [-0.3, -0.25) is 4.79 Å². The summed E-state index contributed by atoms with van der Waals surface area (Å²) < 4.78 is 2.16. The summed E-state index contributed by atoms with van der Waals surface area (Å²) in [5.41, 5.74) is 0.888. The lowest BCUT2D eigenvalue weighted by molar-refractivity contribution is 0.102. The quantitative estimate of drug-likeness (QED) is 0.785. The second-order valence-corrected chi connectivity index (χ2v) is 4.89. The number of carbonyl (C=O) groups excluding carboxylic acids is 1. The monoisotopic (exact) mass is 344 g/mol. The molecule has 0 fully saturated rings. The summed E-state index contributed by atoms with van der Waals surface area (Å²) in [7, 11) is 0. The normalized spacial score (nSPS) is 10.3. The first-order valence-corrected chi connectivity index (χ1v) is 6.76. The summed E-state index contributed by atoms with van der Waals surface area (Å²) in [4.78, 5) is 24.2. The Bertz CT molecular complexity index is 757. The molecular formula is C13H9BrN6O. The van der Waals surface area contributed by atoms with Gasteiger partial charge in [0.05, 0.1) is 11.9 Å². The molecule has 21 heavy (non-hydrogen) atoms. The predicted molar refractivity (Wildman–Crippen MR) is 79.0 cm³/mol. The summed E-state index contributed by atoms with van der Waals surface area (Å²) in [5, 5.41) is 6.71. The Kier molecular flexibility index (Phi) is 3.69. The van der Waals surface area contributed by atoms with Gasteiger partial charge in [-0.2, -0.15) is 5.10 Å². The zero-order chi connectivity index (χ0) is 14.7. The first-order chi connectivity index (χ1) is 10.2. The average molecular weight is 345 g/mol. The topological polar surface area (TPSA) is 85.6 Å². The second kappa shape index (κ2) is 5.80. The summed E-state index contributed by atoms with van der Waals surface area (Å²) >= 11 is 3.29. The van der Waals surface area contributed by atoms with Gasteiger partial charge in [-0.05, 0) is 40.2 Å². The van der Waals surface area contributed by atoms with E-state index in [4.69, 9.17) is 0 Å². The van der Waals surface area contributed by atoms with Crippen LogP contribution in [0.25, 0.3) is 5.82 Å². The van der Waals surface area contributed by atoms with Gasteiger partial charge in [0.25, 0.3) is 5.91 Å². The molecule has 0 saturated carbocycles. The van der Waals surface area contributed by atoms with Crippen LogP contribution in [-0.2, 0) is 0 Å². The maximum absolute atomic E-state index is 12.1. The number of carbonyl (C=O) groups is 1. The maximum atomic E-state index is 12.1. The van der Waals surface area contributed by atoms with E-state index in [9.17, 15) is 4.79 Å².